The molecule has 0 saturated carbocycles. The zero-order valence-corrected chi connectivity index (χ0v) is 13.6. The normalized spacial score (nSPS) is 13.1. The molecule has 0 aliphatic rings. The first-order valence-corrected chi connectivity index (χ1v) is 8.63. The van der Waals surface area contributed by atoms with E-state index in [4.69, 9.17) is 11.6 Å². The number of benzene rings is 2. The zero-order chi connectivity index (χ0) is 15.5. The standard InChI is InChI=1S/C16H18ClNO2S/c1-3-16(14-6-4-5-7-15(14)17)18-21(19,20)13-10-8-12(2)9-11-13/h4-11,16,18H,3H2,1-2H3/t16-/m1/s1. The van der Waals surface area contributed by atoms with Gasteiger partial charge >= 0.3 is 0 Å². The van der Waals surface area contributed by atoms with E-state index < -0.39 is 10.0 Å². The molecule has 112 valence electrons. The third-order valence-electron chi connectivity index (χ3n) is 3.32. The Morgan fingerprint density at radius 3 is 2.29 bits per heavy atom. The minimum Gasteiger partial charge on any atom is -0.207 e. The van der Waals surface area contributed by atoms with Gasteiger partial charge in [-0.2, -0.15) is 0 Å². The fourth-order valence-electron chi connectivity index (χ4n) is 2.10. The molecular weight excluding hydrogens is 306 g/mol. The molecule has 2 aromatic carbocycles. The third kappa shape index (κ3) is 3.84. The summed E-state index contributed by atoms with van der Waals surface area (Å²) in [6.07, 6.45) is 0.620. The summed E-state index contributed by atoms with van der Waals surface area (Å²) in [6.45, 7) is 3.84. The lowest BCUT2D eigenvalue weighted by Gasteiger charge is -2.18. The van der Waals surface area contributed by atoms with Gasteiger partial charge in [0.25, 0.3) is 0 Å². The predicted molar refractivity (Wildman–Crippen MR) is 86.0 cm³/mol. The van der Waals surface area contributed by atoms with Crippen molar-refractivity contribution in [1.82, 2.24) is 4.72 Å². The van der Waals surface area contributed by atoms with E-state index in [9.17, 15) is 8.42 Å². The fraction of sp³-hybridized carbons (Fsp3) is 0.250. The maximum absolute atomic E-state index is 12.4. The summed E-state index contributed by atoms with van der Waals surface area (Å²) in [7, 11) is -3.56. The molecule has 2 rings (SSSR count). The lowest BCUT2D eigenvalue weighted by molar-refractivity contribution is 0.550. The molecule has 0 fully saturated rings. The number of hydrogen-bond acceptors (Lipinski definition) is 2. The second kappa shape index (κ2) is 6.60. The van der Waals surface area contributed by atoms with Gasteiger partial charge < -0.3 is 0 Å². The Morgan fingerprint density at radius 2 is 1.71 bits per heavy atom. The van der Waals surface area contributed by atoms with Crippen LogP contribution in [0.4, 0.5) is 0 Å². The largest absolute Gasteiger partial charge is 0.241 e. The second-order valence-corrected chi connectivity index (χ2v) is 7.04. The molecule has 0 amide bonds. The maximum atomic E-state index is 12.4. The number of sulfonamides is 1. The molecule has 0 bridgehead atoms. The molecule has 0 radical (unpaired) electrons. The molecule has 5 heteroatoms. The third-order valence-corrected chi connectivity index (χ3v) is 5.15. The van der Waals surface area contributed by atoms with Crippen molar-refractivity contribution in [2.75, 3.05) is 0 Å². The molecule has 0 saturated heterocycles. The van der Waals surface area contributed by atoms with Crippen LogP contribution in [0.15, 0.2) is 53.4 Å². The lowest BCUT2D eigenvalue weighted by Crippen LogP contribution is -2.28. The van der Waals surface area contributed by atoms with Crippen LogP contribution < -0.4 is 4.72 Å². The zero-order valence-electron chi connectivity index (χ0n) is 12.0. The van der Waals surface area contributed by atoms with Gasteiger partial charge in [0.1, 0.15) is 0 Å². The van der Waals surface area contributed by atoms with Crippen molar-refractivity contribution in [2.24, 2.45) is 0 Å². The van der Waals surface area contributed by atoms with Gasteiger partial charge in [-0.25, -0.2) is 13.1 Å². The first-order chi connectivity index (χ1) is 9.94. The van der Waals surface area contributed by atoms with Crippen LogP contribution in [0.2, 0.25) is 5.02 Å². The predicted octanol–water partition coefficient (Wildman–Crippen LogP) is 4.08. The fourth-order valence-corrected chi connectivity index (χ4v) is 3.66. The van der Waals surface area contributed by atoms with E-state index in [1.165, 1.54) is 0 Å². The van der Waals surface area contributed by atoms with Gasteiger partial charge in [0.15, 0.2) is 0 Å². The Morgan fingerprint density at radius 1 is 1.10 bits per heavy atom. The maximum Gasteiger partial charge on any atom is 0.241 e. The Bertz CT molecular complexity index is 711. The van der Waals surface area contributed by atoms with Crippen molar-refractivity contribution in [3.05, 3.63) is 64.7 Å². The van der Waals surface area contributed by atoms with Crippen molar-refractivity contribution in [3.8, 4) is 0 Å². The second-order valence-electron chi connectivity index (χ2n) is 4.92. The van der Waals surface area contributed by atoms with E-state index in [1.807, 2.05) is 32.0 Å². The van der Waals surface area contributed by atoms with Gasteiger partial charge in [0.2, 0.25) is 10.0 Å². The highest BCUT2D eigenvalue weighted by Gasteiger charge is 2.21. The minimum absolute atomic E-state index is 0.263. The molecule has 1 N–H and O–H groups in total. The molecule has 0 spiro atoms. The number of aryl methyl sites for hydroxylation is 1. The molecule has 3 nitrogen and oxygen atoms in total. The molecule has 0 aliphatic heterocycles. The SMILES string of the molecule is CC[C@@H](NS(=O)(=O)c1ccc(C)cc1)c1ccccc1Cl. The Balaban J connectivity index is 2.30. The summed E-state index contributed by atoms with van der Waals surface area (Å²) in [6, 6.07) is 13.7. The monoisotopic (exact) mass is 323 g/mol. The Labute approximate surface area is 131 Å². The summed E-state index contributed by atoms with van der Waals surface area (Å²) in [5.74, 6) is 0. The van der Waals surface area contributed by atoms with Crippen LogP contribution in [-0.2, 0) is 10.0 Å². The molecule has 0 aromatic heterocycles. The van der Waals surface area contributed by atoms with E-state index in [2.05, 4.69) is 4.72 Å². The van der Waals surface area contributed by atoms with Gasteiger partial charge in [0, 0.05) is 11.1 Å². The van der Waals surface area contributed by atoms with E-state index in [0.717, 1.165) is 11.1 Å². The number of rotatable bonds is 5. The summed E-state index contributed by atoms with van der Waals surface area (Å²) in [4.78, 5) is 0.263. The molecular formula is C16H18ClNO2S. The number of halogens is 1. The van der Waals surface area contributed by atoms with Crippen molar-refractivity contribution in [2.45, 2.75) is 31.2 Å². The lowest BCUT2D eigenvalue weighted by atomic mass is 10.1. The molecule has 21 heavy (non-hydrogen) atoms. The van der Waals surface area contributed by atoms with E-state index >= 15 is 0 Å². The molecule has 2 aromatic rings. The van der Waals surface area contributed by atoms with Crippen LogP contribution in [0, 0.1) is 6.92 Å². The van der Waals surface area contributed by atoms with Gasteiger partial charge in [-0.3, -0.25) is 0 Å². The number of hydrogen-bond donors (Lipinski definition) is 1. The van der Waals surface area contributed by atoms with Crippen molar-refractivity contribution in [1.29, 1.82) is 0 Å². The smallest absolute Gasteiger partial charge is 0.207 e. The quantitative estimate of drug-likeness (QED) is 0.901. The van der Waals surface area contributed by atoms with Crippen molar-refractivity contribution < 1.29 is 8.42 Å². The highest BCUT2D eigenvalue weighted by molar-refractivity contribution is 7.89. The molecule has 0 unspecified atom stereocenters. The first-order valence-electron chi connectivity index (χ1n) is 6.77. The van der Waals surface area contributed by atoms with Crippen LogP contribution in [0.1, 0.15) is 30.5 Å². The first kappa shape index (κ1) is 16.0. The highest BCUT2D eigenvalue weighted by Crippen LogP contribution is 2.26. The van der Waals surface area contributed by atoms with Crippen LogP contribution in [0.25, 0.3) is 0 Å². The van der Waals surface area contributed by atoms with Gasteiger partial charge in [-0.1, -0.05) is 54.4 Å². The summed E-state index contributed by atoms with van der Waals surface area (Å²) >= 11 is 6.16. The van der Waals surface area contributed by atoms with Crippen LogP contribution in [0.3, 0.4) is 0 Å². The molecule has 0 heterocycles. The Kier molecular flexibility index (Phi) is 5.04. The van der Waals surface area contributed by atoms with Crippen molar-refractivity contribution in [3.63, 3.8) is 0 Å². The van der Waals surface area contributed by atoms with Gasteiger partial charge in [-0.05, 0) is 37.1 Å². The van der Waals surface area contributed by atoms with Gasteiger partial charge in [0.05, 0.1) is 4.90 Å². The molecule has 1 atom stereocenters. The number of nitrogens with one attached hydrogen (secondary N) is 1. The van der Waals surface area contributed by atoms with Crippen LogP contribution in [0.5, 0.6) is 0 Å². The van der Waals surface area contributed by atoms with E-state index in [0.29, 0.717) is 11.4 Å². The minimum atomic E-state index is -3.56. The van der Waals surface area contributed by atoms with E-state index in [-0.39, 0.29) is 10.9 Å². The topological polar surface area (TPSA) is 46.2 Å². The summed E-state index contributed by atoms with van der Waals surface area (Å²) in [5.41, 5.74) is 1.81. The summed E-state index contributed by atoms with van der Waals surface area (Å²) in [5, 5.41) is 0.566. The average molecular weight is 324 g/mol. The van der Waals surface area contributed by atoms with Crippen molar-refractivity contribution >= 4 is 21.6 Å². The van der Waals surface area contributed by atoms with E-state index in [1.54, 1.807) is 30.3 Å². The van der Waals surface area contributed by atoms with Crippen LogP contribution in [-0.4, -0.2) is 8.42 Å². The summed E-state index contributed by atoms with van der Waals surface area (Å²) < 4.78 is 27.6. The highest BCUT2D eigenvalue weighted by atomic mass is 35.5. The molecule has 0 aliphatic carbocycles. The average Bonchev–Trinajstić information content (AvgIpc) is 2.46. The Hall–Kier alpha value is -1.36. The van der Waals surface area contributed by atoms with Gasteiger partial charge in [-0.15, -0.1) is 0 Å². The van der Waals surface area contributed by atoms with Crippen LogP contribution >= 0.6 is 11.6 Å².